The van der Waals surface area contributed by atoms with Crippen molar-refractivity contribution in [2.45, 2.75) is 20.3 Å². The minimum atomic E-state index is 0.374. The predicted octanol–water partition coefficient (Wildman–Crippen LogP) is 1.88. The third-order valence-electron chi connectivity index (χ3n) is 1.55. The molecule has 3 heteroatoms. The molecule has 0 aliphatic heterocycles. The molecule has 1 heterocycles. The molecule has 0 atom stereocenters. The van der Waals surface area contributed by atoms with Gasteiger partial charge in [-0.25, -0.2) is 9.97 Å². The third kappa shape index (κ3) is 3.44. The summed E-state index contributed by atoms with van der Waals surface area (Å²) < 4.78 is 4.84. The second-order valence-electron chi connectivity index (χ2n) is 3.36. The zero-order valence-electron chi connectivity index (χ0n) is 8.74. The number of hydrogen-bond acceptors (Lipinski definition) is 3. The van der Waals surface area contributed by atoms with Crippen LogP contribution in [0.3, 0.4) is 0 Å². The summed E-state index contributed by atoms with van der Waals surface area (Å²) in [6.07, 6.45) is 4.23. The van der Waals surface area contributed by atoms with E-state index < -0.39 is 0 Å². The Bertz CT molecular complexity index is 333. The van der Waals surface area contributed by atoms with E-state index in [9.17, 15) is 0 Å². The average molecular weight is 190 g/mol. The van der Waals surface area contributed by atoms with Crippen LogP contribution >= 0.6 is 0 Å². The van der Waals surface area contributed by atoms with E-state index in [0.29, 0.717) is 11.9 Å². The fourth-order valence-electron chi connectivity index (χ4n) is 0.843. The highest BCUT2D eigenvalue weighted by Crippen LogP contribution is 2.01. The topological polar surface area (TPSA) is 35.0 Å². The maximum Gasteiger partial charge on any atom is 0.316 e. The molecular formula is C11H14N2O. The minimum Gasteiger partial charge on any atom is -0.467 e. The third-order valence-corrected chi connectivity index (χ3v) is 1.55. The molecule has 1 rings (SSSR count). The number of ether oxygens (including phenoxy) is 1. The summed E-state index contributed by atoms with van der Waals surface area (Å²) in [5.41, 5.74) is 0.825. The van der Waals surface area contributed by atoms with Gasteiger partial charge in [-0.15, -0.1) is 0 Å². The van der Waals surface area contributed by atoms with Crippen LogP contribution in [0, 0.1) is 17.8 Å². The smallest absolute Gasteiger partial charge is 0.316 e. The van der Waals surface area contributed by atoms with Crippen LogP contribution in [0.25, 0.3) is 0 Å². The molecular weight excluding hydrogens is 176 g/mol. The van der Waals surface area contributed by atoms with E-state index in [-0.39, 0.29) is 0 Å². The predicted molar refractivity (Wildman–Crippen MR) is 54.9 cm³/mol. The van der Waals surface area contributed by atoms with Gasteiger partial charge in [0.25, 0.3) is 0 Å². The Balaban J connectivity index is 2.62. The summed E-state index contributed by atoms with van der Waals surface area (Å²) in [6, 6.07) is 0.374. The first-order valence-electron chi connectivity index (χ1n) is 4.57. The quantitative estimate of drug-likeness (QED) is 0.668. The van der Waals surface area contributed by atoms with Crippen molar-refractivity contribution in [3.63, 3.8) is 0 Å². The number of aromatic nitrogens is 2. The van der Waals surface area contributed by atoms with Gasteiger partial charge in [0.05, 0.1) is 12.7 Å². The number of hydrogen-bond donors (Lipinski definition) is 0. The van der Waals surface area contributed by atoms with Crippen molar-refractivity contribution in [3.05, 3.63) is 18.0 Å². The average Bonchev–Trinajstić information content (AvgIpc) is 2.18. The molecule has 14 heavy (non-hydrogen) atoms. The zero-order chi connectivity index (χ0) is 10.4. The van der Waals surface area contributed by atoms with E-state index in [0.717, 1.165) is 12.0 Å². The van der Waals surface area contributed by atoms with Crippen molar-refractivity contribution in [2.75, 3.05) is 7.11 Å². The van der Waals surface area contributed by atoms with Gasteiger partial charge in [-0.05, 0) is 5.92 Å². The van der Waals surface area contributed by atoms with Crippen molar-refractivity contribution in [2.24, 2.45) is 5.92 Å². The summed E-state index contributed by atoms with van der Waals surface area (Å²) in [4.78, 5) is 7.92. The van der Waals surface area contributed by atoms with Crippen LogP contribution in [-0.2, 0) is 0 Å². The van der Waals surface area contributed by atoms with Gasteiger partial charge < -0.3 is 4.74 Å². The monoisotopic (exact) mass is 190 g/mol. The maximum absolute atomic E-state index is 4.84. The largest absolute Gasteiger partial charge is 0.467 e. The second-order valence-corrected chi connectivity index (χ2v) is 3.36. The van der Waals surface area contributed by atoms with E-state index in [1.165, 1.54) is 0 Å². The lowest BCUT2D eigenvalue weighted by molar-refractivity contribution is 0.379. The lowest BCUT2D eigenvalue weighted by Gasteiger charge is -1.95. The van der Waals surface area contributed by atoms with Crippen LogP contribution in [0.5, 0.6) is 6.01 Å². The van der Waals surface area contributed by atoms with Gasteiger partial charge in [-0.3, -0.25) is 0 Å². The molecule has 1 aromatic heterocycles. The summed E-state index contributed by atoms with van der Waals surface area (Å²) in [7, 11) is 1.54. The van der Waals surface area contributed by atoms with Crippen molar-refractivity contribution < 1.29 is 4.74 Å². The van der Waals surface area contributed by atoms with Crippen LogP contribution in [-0.4, -0.2) is 17.1 Å². The molecule has 0 fully saturated rings. The molecule has 0 spiro atoms. The number of rotatable bonds is 2. The Morgan fingerprint density at radius 2 is 2.00 bits per heavy atom. The van der Waals surface area contributed by atoms with Gasteiger partial charge in [-0.2, -0.15) is 0 Å². The standard InChI is InChI=1S/C11H14N2O/c1-9(2)5-4-6-10-7-12-11(14-3)13-8-10/h7-9H,5H2,1-3H3. The van der Waals surface area contributed by atoms with Crippen molar-refractivity contribution in [1.29, 1.82) is 0 Å². The molecule has 1 aromatic rings. The molecule has 74 valence electrons. The van der Waals surface area contributed by atoms with E-state index in [4.69, 9.17) is 4.74 Å². The Morgan fingerprint density at radius 3 is 2.50 bits per heavy atom. The Kier molecular flexibility index (Phi) is 3.93. The van der Waals surface area contributed by atoms with Crippen LogP contribution in [0.2, 0.25) is 0 Å². The summed E-state index contributed by atoms with van der Waals surface area (Å²) >= 11 is 0. The van der Waals surface area contributed by atoms with Crippen LogP contribution < -0.4 is 4.74 Å². The number of nitrogens with zero attached hydrogens (tertiary/aromatic N) is 2. The fraction of sp³-hybridized carbons (Fsp3) is 0.455. The van der Waals surface area contributed by atoms with Gasteiger partial charge in [0, 0.05) is 18.8 Å². The van der Waals surface area contributed by atoms with Crippen molar-refractivity contribution in [3.8, 4) is 17.9 Å². The molecule has 0 unspecified atom stereocenters. The normalized spacial score (nSPS) is 9.43. The summed E-state index contributed by atoms with van der Waals surface area (Å²) in [5.74, 6) is 6.66. The van der Waals surface area contributed by atoms with E-state index in [1.54, 1.807) is 19.5 Å². The van der Waals surface area contributed by atoms with Gasteiger partial charge in [-0.1, -0.05) is 25.7 Å². The van der Waals surface area contributed by atoms with Crippen LogP contribution in [0.15, 0.2) is 12.4 Å². The van der Waals surface area contributed by atoms with Crippen LogP contribution in [0.1, 0.15) is 25.8 Å². The highest BCUT2D eigenvalue weighted by molar-refractivity contribution is 5.29. The molecule has 0 aliphatic carbocycles. The van der Waals surface area contributed by atoms with Crippen molar-refractivity contribution >= 4 is 0 Å². The molecule has 0 saturated heterocycles. The molecule has 0 amide bonds. The Labute approximate surface area is 84.5 Å². The zero-order valence-corrected chi connectivity index (χ0v) is 8.74. The highest BCUT2D eigenvalue weighted by Gasteiger charge is 1.93. The van der Waals surface area contributed by atoms with Crippen molar-refractivity contribution in [1.82, 2.24) is 9.97 Å². The summed E-state index contributed by atoms with van der Waals surface area (Å²) in [6.45, 7) is 4.28. The molecule has 0 aliphatic rings. The second kappa shape index (κ2) is 5.23. The molecule has 0 bridgehead atoms. The van der Waals surface area contributed by atoms with E-state index in [1.807, 2.05) is 0 Å². The highest BCUT2D eigenvalue weighted by atomic mass is 16.5. The first kappa shape index (κ1) is 10.5. The minimum absolute atomic E-state index is 0.374. The molecule has 0 aromatic carbocycles. The molecule has 3 nitrogen and oxygen atoms in total. The van der Waals surface area contributed by atoms with Gasteiger partial charge in [0.2, 0.25) is 0 Å². The van der Waals surface area contributed by atoms with Crippen LogP contribution in [0.4, 0.5) is 0 Å². The fourth-order valence-corrected chi connectivity index (χ4v) is 0.843. The Morgan fingerprint density at radius 1 is 1.36 bits per heavy atom. The maximum atomic E-state index is 4.84. The first-order chi connectivity index (χ1) is 6.72. The Hall–Kier alpha value is -1.56. The SMILES string of the molecule is COc1ncc(C#CCC(C)C)cn1. The summed E-state index contributed by atoms with van der Waals surface area (Å²) in [5, 5.41) is 0. The van der Waals surface area contributed by atoms with Gasteiger partial charge >= 0.3 is 6.01 Å². The van der Waals surface area contributed by atoms with E-state index >= 15 is 0 Å². The van der Waals surface area contributed by atoms with Gasteiger partial charge in [0.15, 0.2) is 0 Å². The van der Waals surface area contributed by atoms with E-state index in [2.05, 4.69) is 35.7 Å². The lowest BCUT2D eigenvalue weighted by Crippen LogP contribution is -1.91. The van der Waals surface area contributed by atoms with Gasteiger partial charge in [0.1, 0.15) is 0 Å². The lowest BCUT2D eigenvalue weighted by atomic mass is 10.1. The molecule has 0 saturated carbocycles. The molecule has 0 radical (unpaired) electrons. The number of methoxy groups -OCH3 is 1. The molecule has 0 N–H and O–H groups in total. The first-order valence-corrected chi connectivity index (χ1v) is 4.57.